The summed E-state index contributed by atoms with van der Waals surface area (Å²) in [6.07, 6.45) is 0. The molecular formula is C11H28N2. The Bertz CT molecular complexity index is 97.9. The van der Waals surface area contributed by atoms with E-state index in [1.807, 2.05) is 13.8 Å². The lowest BCUT2D eigenvalue weighted by Crippen LogP contribution is -1.74. The monoisotopic (exact) mass is 188 g/mol. The highest BCUT2D eigenvalue weighted by atomic mass is 14.7. The number of hydrogen-bond acceptors (Lipinski definition) is 2. The van der Waals surface area contributed by atoms with E-state index in [9.17, 15) is 0 Å². The fraction of sp³-hybridized carbons (Fsp3) is 0.818. The third-order valence-corrected chi connectivity index (χ3v) is 0.447. The fourth-order valence-corrected chi connectivity index (χ4v) is 0. The van der Waals surface area contributed by atoms with E-state index in [1.54, 1.807) is 14.1 Å². The van der Waals surface area contributed by atoms with Crippen LogP contribution in [0.15, 0.2) is 9.98 Å². The fourth-order valence-electron chi connectivity index (χ4n) is 0. The molecule has 0 aliphatic carbocycles. The zero-order chi connectivity index (χ0) is 10.6. The van der Waals surface area contributed by atoms with Gasteiger partial charge in [-0.1, -0.05) is 28.2 Å². The zero-order valence-electron chi connectivity index (χ0n) is 9.68. The lowest BCUT2D eigenvalue weighted by atomic mass is 10.3. The summed E-state index contributed by atoms with van der Waals surface area (Å²) in [7, 11) is 3.43. The maximum absolute atomic E-state index is 3.81. The minimum absolute atomic E-state index is 0. The van der Waals surface area contributed by atoms with Crippen LogP contribution >= 0.6 is 0 Å². The van der Waals surface area contributed by atoms with E-state index >= 15 is 0 Å². The molecule has 0 N–H and O–H groups in total. The van der Waals surface area contributed by atoms with Gasteiger partial charge in [-0.05, 0) is 26.5 Å². The maximum atomic E-state index is 3.81. The van der Waals surface area contributed by atoms with Crippen LogP contribution in [0.5, 0.6) is 0 Å². The van der Waals surface area contributed by atoms with Crippen molar-refractivity contribution in [3.05, 3.63) is 0 Å². The SMILES string of the molecule is C.C=NC.CC(C)C.CN=C(C)C. The first-order valence-electron chi connectivity index (χ1n) is 4.17. The average Bonchev–Trinajstić information content (AvgIpc) is 1.88. The number of rotatable bonds is 0. The van der Waals surface area contributed by atoms with Crippen LogP contribution in [0.2, 0.25) is 0 Å². The van der Waals surface area contributed by atoms with Gasteiger partial charge in [0.15, 0.2) is 0 Å². The topological polar surface area (TPSA) is 24.7 Å². The van der Waals surface area contributed by atoms with Gasteiger partial charge in [-0.25, -0.2) is 0 Å². The molecule has 0 saturated heterocycles. The van der Waals surface area contributed by atoms with Crippen LogP contribution in [0.25, 0.3) is 0 Å². The third kappa shape index (κ3) is 551. The van der Waals surface area contributed by atoms with Crippen molar-refractivity contribution in [1.29, 1.82) is 0 Å². The molecule has 0 amide bonds. The lowest BCUT2D eigenvalue weighted by molar-refractivity contribution is 0.737. The predicted molar refractivity (Wildman–Crippen MR) is 67.4 cm³/mol. The van der Waals surface area contributed by atoms with Crippen molar-refractivity contribution < 1.29 is 0 Å². The molecule has 0 aromatic heterocycles. The molecule has 0 fully saturated rings. The molecule has 0 aliphatic heterocycles. The molecule has 0 aromatic rings. The molecule has 0 radical (unpaired) electrons. The summed E-state index contributed by atoms with van der Waals surface area (Å²) in [5.74, 6) is 0.833. The van der Waals surface area contributed by atoms with Gasteiger partial charge in [0.1, 0.15) is 0 Å². The second-order valence-corrected chi connectivity index (χ2v) is 3.22. The van der Waals surface area contributed by atoms with Gasteiger partial charge in [-0.2, -0.15) is 0 Å². The molecule has 0 atom stereocenters. The first-order valence-corrected chi connectivity index (χ1v) is 4.17. The van der Waals surface area contributed by atoms with E-state index in [1.165, 1.54) is 0 Å². The number of aliphatic imine (C=N–C) groups is 2. The highest BCUT2D eigenvalue weighted by Gasteiger charge is 1.68. The van der Waals surface area contributed by atoms with E-state index in [0.717, 1.165) is 11.6 Å². The van der Waals surface area contributed by atoms with E-state index in [2.05, 4.69) is 37.5 Å². The third-order valence-electron chi connectivity index (χ3n) is 0.447. The van der Waals surface area contributed by atoms with Crippen molar-refractivity contribution in [3.8, 4) is 0 Å². The van der Waals surface area contributed by atoms with E-state index in [0.29, 0.717) is 0 Å². The van der Waals surface area contributed by atoms with Crippen molar-refractivity contribution in [1.82, 2.24) is 0 Å². The van der Waals surface area contributed by atoms with Gasteiger partial charge < -0.3 is 4.99 Å². The molecule has 0 aliphatic rings. The van der Waals surface area contributed by atoms with Crippen molar-refractivity contribution in [3.63, 3.8) is 0 Å². The first kappa shape index (κ1) is 22.8. The normalized spacial score (nSPS) is 6.46. The smallest absolute Gasteiger partial charge is 0.0276 e. The minimum atomic E-state index is 0. The Morgan fingerprint density at radius 2 is 1.15 bits per heavy atom. The molecule has 13 heavy (non-hydrogen) atoms. The molecule has 0 heterocycles. The zero-order valence-corrected chi connectivity index (χ0v) is 9.68. The minimum Gasteiger partial charge on any atom is -0.304 e. The molecule has 0 aromatic carbocycles. The lowest BCUT2D eigenvalue weighted by Gasteiger charge is -1.79. The molecule has 2 nitrogen and oxygen atoms in total. The molecule has 0 spiro atoms. The van der Waals surface area contributed by atoms with E-state index in [4.69, 9.17) is 0 Å². The molecule has 0 unspecified atom stereocenters. The second kappa shape index (κ2) is 22.5. The van der Waals surface area contributed by atoms with Crippen molar-refractivity contribution in [2.75, 3.05) is 14.1 Å². The first-order chi connectivity index (χ1) is 5.42. The average molecular weight is 188 g/mol. The van der Waals surface area contributed by atoms with Gasteiger partial charge in [0.25, 0.3) is 0 Å². The number of hydrogen-bond donors (Lipinski definition) is 0. The predicted octanol–water partition coefficient (Wildman–Crippen LogP) is 3.71. The van der Waals surface area contributed by atoms with Gasteiger partial charge in [-0.3, -0.25) is 4.99 Å². The Morgan fingerprint density at radius 1 is 1.08 bits per heavy atom. The summed E-state index contributed by atoms with van der Waals surface area (Å²) in [5.41, 5.74) is 1.13. The van der Waals surface area contributed by atoms with Crippen LogP contribution in [0.3, 0.4) is 0 Å². The standard InChI is InChI=1S/C4H9N.C4H10.C2H5N.CH4/c1-4(2)5-3;1-4(2)3;1-3-2;/h1-3H3;4H,1-3H3;1H2,2H3;1H4. The molecule has 82 valence electrons. The van der Waals surface area contributed by atoms with Gasteiger partial charge in [0.05, 0.1) is 0 Å². The van der Waals surface area contributed by atoms with Crippen LogP contribution < -0.4 is 0 Å². The van der Waals surface area contributed by atoms with Gasteiger partial charge >= 0.3 is 0 Å². The Kier molecular flexibility index (Phi) is 39.5. The van der Waals surface area contributed by atoms with Crippen LogP contribution in [0.1, 0.15) is 42.0 Å². The van der Waals surface area contributed by atoms with Gasteiger partial charge in [0.2, 0.25) is 0 Å². The summed E-state index contributed by atoms with van der Waals surface area (Å²) in [6, 6.07) is 0. The van der Waals surface area contributed by atoms with Gasteiger partial charge in [0, 0.05) is 19.8 Å². The molecule has 0 bridgehead atoms. The Hall–Kier alpha value is -0.660. The van der Waals surface area contributed by atoms with Crippen molar-refractivity contribution in [2.45, 2.75) is 42.0 Å². The van der Waals surface area contributed by atoms with E-state index in [-0.39, 0.29) is 7.43 Å². The highest BCUT2D eigenvalue weighted by molar-refractivity contribution is 5.78. The van der Waals surface area contributed by atoms with Crippen LogP contribution in [-0.2, 0) is 0 Å². The Balaban J connectivity index is -0.0000000465. The van der Waals surface area contributed by atoms with Crippen molar-refractivity contribution >= 4 is 12.4 Å². The maximum Gasteiger partial charge on any atom is 0.0276 e. The molecule has 0 saturated carbocycles. The van der Waals surface area contributed by atoms with Crippen LogP contribution in [0, 0.1) is 5.92 Å². The van der Waals surface area contributed by atoms with Crippen LogP contribution in [-0.4, -0.2) is 26.5 Å². The number of nitrogens with zero attached hydrogens (tertiary/aromatic N) is 2. The van der Waals surface area contributed by atoms with Crippen molar-refractivity contribution in [2.24, 2.45) is 15.9 Å². The van der Waals surface area contributed by atoms with E-state index < -0.39 is 0 Å². The quantitative estimate of drug-likeness (QED) is 0.518. The second-order valence-electron chi connectivity index (χ2n) is 3.22. The molecule has 2 heteroatoms. The summed E-state index contributed by atoms with van der Waals surface area (Å²) in [4.78, 5) is 7.06. The summed E-state index contributed by atoms with van der Waals surface area (Å²) >= 11 is 0. The Morgan fingerprint density at radius 3 is 1.15 bits per heavy atom. The summed E-state index contributed by atoms with van der Waals surface area (Å²) in [6.45, 7) is 13.6. The largest absolute Gasteiger partial charge is 0.304 e. The Labute approximate surface area is 85.2 Å². The summed E-state index contributed by atoms with van der Waals surface area (Å²) in [5, 5.41) is 0. The summed E-state index contributed by atoms with van der Waals surface area (Å²) < 4.78 is 0. The highest BCUT2D eigenvalue weighted by Crippen LogP contribution is 1.81. The molecule has 0 rings (SSSR count). The molecular weight excluding hydrogens is 160 g/mol. The van der Waals surface area contributed by atoms with Crippen LogP contribution in [0.4, 0.5) is 0 Å². The van der Waals surface area contributed by atoms with Gasteiger partial charge in [-0.15, -0.1) is 0 Å².